The predicted octanol–water partition coefficient (Wildman–Crippen LogP) is 4.88. The van der Waals surface area contributed by atoms with E-state index < -0.39 is 6.10 Å². The zero-order valence-electron chi connectivity index (χ0n) is 17.4. The quantitative estimate of drug-likeness (QED) is 0.777. The van der Waals surface area contributed by atoms with Crippen LogP contribution in [0.25, 0.3) is 0 Å². The highest BCUT2D eigenvalue weighted by Crippen LogP contribution is 2.24. The van der Waals surface area contributed by atoms with Crippen LogP contribution < -0.4 is 15.0 Å². The van der Waals surface area contributed by atoms with Gasteiger partial charge in [-0.05, 0) is 74.9 Å². The molecule has 0 radical (unpaired) electrons. The smallest absolute Gasteiger partial charge is 0.261 e. The summed E-state index contributed by atoms with van der Waals surface area (Å²) in [6, 6.07) is 16.3. The van der Waals surface area contributed by atoms with Crippen LogP contribution >= 0.6 is 0 Å². The fourth-order valence-corrected chi connectivity index (χ4v) is 3.60. The molecule has 2 aromatic rings. The van der Waals surface area contributed by atoms with Crippen molar-refractivity contribution in [1.29, 1.82) is 0 Å². The molecule has 3 rings (SSSR count). The van der Waals surface area contributed by atoms with Gasteiger partial charge in [-0.3, -0.25) is 4.79 Å². The van der Waals surface area contributed by atoms with Crippen molar-refractivity contribution in [3.8, 4) is 5.75 Å². The number of piperidine rings is 1. The highest BCUT2D eigenvalue weighted by molar-refractivity contribution is 5.81. The van der Waals surface area contributed by atoms with Crippen LogP contribution in [0.15, 0.2) is 48.5 Å². The number of ether oxygens (including phenoxy) is 1. The molecule has 1 amide bonds. The Morgan fingerprint density at radius 3 is 2.43 bits per heavy atom. The standard InChI is InChI=1S/C24H32N2O2/c1-17-12-14-26(15-13-17)22-10-8-21(9-11-22)19(3)25-24(27)20(4)28-23-7-5-6-18(2)16-23/h5-11,16-17,19-20H,12-15H2,1-4H3,(H,25,27). The van der Waals surface area contributed by atoms with Gasteiger partial charge in [-0.2, -0.15) is 0 Å². The third-order valence-corrected chi connectivity index (χ3v) is 5.57. The predicted molar refractivity (Wildman–Crippen MR) is 115 cm³/mol. The molecule has 0 spiro atoms. The van der Waals surface area contributed by atoms with Gasteiger partial charge in [0.1, 0.15) is 5.75 Å². The molecule has 1 aliphatic heterocycles. The maximum atomic E-state index is 12.5. The van der Waals surface area contributed by atoms with Crippen molar-refractivity contribution >= 4 is 11.6 Å². The zero-order chi connectivity index (χ0) is 20.1. The molecule has 1 aliphatic rings. The van der Waals surface area contributed by atoms with Crippen LogP contribution in [-0.4, -0.2) is 25.1 Å². The van der Waals surface area contributed by atoms with Gasteiger partial charge in [-0.15, -0.1) is 0 Å². The van der Waals surface area contributed by atoms with Crippen LogP contribution in [0, 0.1) is 12.8 Å². The number of anilines is 1. The maximum absolute atomic E-state index is 12.5. The van der Waals surface area contributed by atoms with E-state index in [1.54, 1.807) is 6.92 Å². The largest absolute Gasteiger partial charge is 0.481 e. The third kappa shape index (κ3) is 5.28. The second-order valence-electron chi connectivity index (χ2n) is 8.07. The van der Waals surface area contributed by atoms with Gasteiger partial charge in [0.25, 0.3) is 5.91 Å². The summed E-state index contributed by atoms with van der Waals surface area (Å²) < 4.78 is 5.78. The Hall–Kier alpha value is -2.49. The van der Waals surface area contributed by atoms with E-state index in [2.05, 4.69) is 41.4 Å². The van der Waals surface area contributed by atoms with Crippen LogP contribution in [0.2, 0.25) is 0 Å². The molecule has 4 nitrogen and oxygen atoms in total. The first-order valence-corrected chi connectivity index (χ1v) is 10.3. The van der Waals surface area contributed by atoms with Crippen LogP contribution in [0.1, 0.15) is 50.8 Å². The van der Waals surface area contributed by atoms with Gasteiger partial charge in [0.2, 0.25) is 0 Å². The summed E-state index contributed by atoms with van der Waals surface area (Å²) in [5.41, 5.74) is 3.48. The fraction of sp³-hybridized carbons (Fsp3) is 0.458. The molecule has 1 N–H and O–H groups in total. The van der Waals surface area contributed by atoms with Crippen molar-refractivity contribution < 1.29 is 9.53 Å². The second kappa shape index (κ2) is 9.13. The third-order valence-electron chi connectivity index (χ3n) is 5.57. The molecule has 2 unspecified atom stereocenters. The molecule has 4 heteroatoms. The lowest BCUT2D eigenvalue weighted by molar-refractivity contribution is -0.127. The minimum atomic E-state index is -0.543. The molecule has 1 saturated heterocycles. The lowest BCUT2D eigenvalue weighted by atomic mass is 9.98. The summed E-state index contributed by atoms with van der Waals surface area (Å²) in [5, 5.41) is 3.06. The van der Waals surface area contributed by atoms with E-state index in [4.69, 9.17) is 4.74 Å². The maximum Gasteiger partial charge on any atom is 0.261 e. The van der Waals surface area contributed by atoms with Gasteiger partial charge in [0.15, 0.2) is 6.10 Å². The highest BCUT2D eigenvalue weighted by atomic mass is 16.5. The van der Waals surface area contributed by atoms with Crippen LogP contribution in [0.5, 0.6) is 5.75 Å². The number of carbonyl (C=O) groups is 1. The van der Waals surface area contributed by atoms with E-state index in [1.807, 2.05) is 38.1 Å². The number of benzene rings is 2. The van der Waals surface area contributed by atoms with Gasteiger partial charge < -0.3 is 15.0 Å². The molecule has 1 fully saturated rings. The Balaban J connectivity index is 1.54. The van der Waals surface area contributed by atoms with Gasteiger partial charge in [-0.25, -0.2) is 0 Å². The number of rotatable bonds is 6. The summed E-state index contributed by atoms with van der Waals surface area (Å²) in [7, 11) is 0. The van der Waals surface area contributed by atoms with Crippen molar-refractivity contribution in [3.05, 3.63) is 59.7 Å². The monoisotopic (exact) mass is 380 g/mol. The molecule has 0 bridgehead atoms. The number of nitrogens with one attached hydrogen (secondary N) is 1. The molecule has 0 aromatic heterocycles. The molecule has 2 atom stereocenters. The lowest BCUT2D eigenvalue weighted by Gasteiger charge is -2.32. The molecular weight excluding hydrogens is 348 g/mol. The Labute approximate surface area is 168 Å². The summed E-state index contributed by atoms with van der Waals surface area (Å²) >= 11 is 0. The second-order valence-corrected chi connectivity index (χ2v) is 8.07. The summed E-state index contributed by atoms with van der Waals surface area (Å²) in [5.74, 6) is 1.44. The van der Waals surface area contributed by atoms with E-state index in [0.29, 0.717) is 0 Å². The molecule has 0 aliphatic carbocycles. The first-order valence-electron chi connectivity index (χ1n) is 10.3. The number of hydrogen-bond acceptors (Lipinski definition) is 3. The summed E-state index contributed by atoms with van der Waals surface area (Å²) in [6.07, 6.45) is 1.97. The van der Waals surface area contributed by atoms with Crippen molar-refractivity contribution in [1.82, 2.24) is 5.32 Å². The Morgan fingerprint density at radius 2 is 1.79 bits per heavy atom. The Kier molecular flexibility index (Phi) is 6.61. The average Bonchev–Trinajstić information content (AvgIpc) is 2.68. The topological polar surface area (TPSA) is 41.6 Å². The summed E-state index contributed by atoms with van der Waals surface area (Å²) in [6.45, 7) is 10.4. The molecule has 0 saturated carbocycles. The Morgan fingerprint density at radius 1 is 1.11 bits per heavy atom. The Bertz CT molecular complexity index is 779. The number of aryl methyl sites for hydroxylation is 1. The fourth-order valence-electron chi connectivity index (χ4n) is 3.60. The molecule has 2 aromatic carbocycles. The van der Waals surface area contributed by atoms with E-state index in [-0.39, 0.29) is 11.9 Å². The minimum Gasteiger partial charge on any atom is -0.481 e. The number of hydrogen-bond donors (Lipinski definition) is 1. The zero-order valence-corrected chi connectivity index (χ0v) is 17.4. The average molecular weight is 381 g/mol. The van der Waals surface area contributed by atoms with E-state index in [0.717, 1.165) is 35.9 Å². The number of carbonyl (C=O) groups excluding carboxylic acids is 1. The van der Waals surface area contributed by atoms with Crippen LogP contribution in [0.3, 0.4) is 0 Å². The minimum absolute atomic E-state index is 0.0634. The van der Waals surface area contributed by atoms with Crippen LogP contribution in [-0.2, 0) is 4.79 Å². The highest BCUT2D eigenvalue weighted by Gasteiger charge is 2.19. The first-order chi connectivity index (χ1) is 13.4. The molecule has 1 heterocycles. The number of amides is 1. The van der Waals surface area contributed by atoms with E-state index in [9.17, 15) is 4.79 Å². The van der Waals surface area contributed by atoms with Gasteiger partial charge in [-0.1, -0.05) is 31.2 Å². The molecular formula is C24H32N2O2. The van der Waals surface area contributed by atoms with Crippen molar-refractivity contribution in [2.24, 2.45) is 5.92 Å². The van der Waals surface area contributed by atoms with Gasteiger partial charge in [0, 0.05) is 18.8 Å². The van der Waals surface area contributed by atoms with Gasteiger partial charge >= 0.3 is 0 Å². The van der Waals surface area contributed by atoms with Gasteiger partial charge in [0.05, 0.1) is 6.04 Å². The lowest BCUT2D eigenvalue weighted by Crippen LogP contribution is -2.37. The molecule has 150 valence electrons. The van der Waals surface area contributed by atoms with Crippen molar-refractivity contribution in [2.45, 2.75) is 52.7 Å². The van der Waals surface area contributed by atoms with Crippen molar-refractivity contribution in [3.63, 3.8) is 0 Å². The normalized spacial score (nSPS) is 17.1. The molecule has 28 heavy (non-hydrogen) atoms. The van der Waals surface area contributed by atoms with E-state index in [1.165, 1.54) is 18.5 Å². The van der Waals surface area contributed by atoms with Crippen molar-refractivity contribution in [2.75, 3.05) is 18.0 Å². The van der Waals surface area contributed by atoms with E-state index >= 15 is 0 Å². The van der Waals surface area contributed by atoms with Crippen LogP contribution in [0.4, 0.5) is 5.69 Å². The number of nitrogens with zero attached hydrogens (tertiary/aromatic N) is 1. The first kappa shape index (κ1) is 20.2. The summed E-state index contributed by atoms with van der Waals surface area (Å²) in [4.78, 5) is 15.0. The SMILES string of the molecule is Cc1cccc(OC(C)C(=O)NC(C)c2ccc(N3CCC(C)CC3)cc2)c1.